The first-order chi connectivity index (χ1) is 13.1. The molecule has 1 aliphatic carbocycles. The molecule has 1 aliphatic heterocycles. The van der Waals surface area contributed by atoms with Gasteiger partial charge in [0.05, 0.1) is 19.1 Å². The first-order valence-corrected chi connectivity index (χ1v) is 10.8. The number of nitrogens with zero attached hydrogens (tertiary/aromatic N) is 2. The molecule has 1 atom stereocenters. The van der Waals surface area contributed by atoms with Crippen molar-refractivity contribution in [3.63, 3.8) is 0 Å². The number of rotatable bonds is 5. The molecule has 1 heterocycles. The lowest BCUT2D eigenvalue weighted by Gasteiger charge is -2.37. The van der Waals surface area contributed by atoms with Crippen LogP contribution in [0.25, 0.3) is 0 Å². The van der Waals surface area contributed by atoms with Crippen LogP contribution in [-0.2, 0) is 19.1 Å². The summed E-state index contributed by atoms with van der Waals surface area (Å²) in [6, 6.07) is 0. The highest BCUT2D eigenvalue weighted by Gasteiger charge is 2.35. The van der Waals surface area contributed by atoms with E-state index in [2.05, 4.69) is 20.8 Å². The molecule has 1 saturated carbocycles. The maximum Gasteiger partial charge on any atom is 0.310 e. The van der Waals surface area contributed by atoms with Crippen molar-refractivity contribution in [1.82, 2.24) is 9.80 Å². The molecular weight excluding hydrogens is 356 g/mol. The summed E-state index contributed by atoms with van der Waals surface area (Å²) in [5.74, 6) is 0.237. The Labute approximate surface area is 170 Å². The number of hydrogen-bond donors (Lipinski definition) is 0. The fraction of sp³-hybridized carbons (Fsp3) is 0.864. The molecule has 2 amide bonds. The molecule has 6 heteroatoms. The quantitative estimate of drug-likeness (QED) is 0.672. The molecule has 28 heavy (non-hydrogen) atoms. The highest BCUT2D eigenvalue weighted by atomic mass is 16.5. The Balaban J connectivity index is 1.83. The number of carbonyl (C=O) groups excluding carboxylic acids is 3. The minimum atomic E-state index is -0.244. The molecule has 0 aromatic heterocycles. The van der Waals surface area contributed by atoms with Crippen LogP contribution in [0.1, 0.15) is 66.2 Å². The van der Waals surface area contributed by atoms with Crippen molar-refractivity contribution in [2.24, 2.45) is 23.2 Å². The van der Waals surface area contributed by atoms with Crippen LogP contribution in [0.4, 0.5) is 0 Å². The number of likely N-dealkylation sites (N-methyl/N-ethyl adjacent to an activating group) is 1. The summed E-state index contributed by atoms with van der Waals surface area (Å²) in [7, 11) is 1.73. The second-order valence-corrected chi connectivity index (χ2v) is 9.54. The third-order valence-corrected chi connectivity index (χ3v) is 6.44. The molecule has 2 aliphatic rings. The van der Waals surface area contributed by atoms with Crippen molar-refractivity contribution >= 4 is 17.8 Å². The van der Waals surface area contributed by atoms with E-state index in [1.807, 2.05) is 0 Å². The second kappa shape index (κ2) is 9.75. The fourth-order valence-electron chi connectivity index (χ4n) is 4.56. The van der Waals surface area contributed by atoms with E-state index < -0.39 is 0 Å². The zero-order valence-electron chi connectivity index (χ0n) is 18.3. The zero-order chi connectivity index (χ0) is 20.9. The Morgan fingerprint density at radius 2 is 1.68 bits per heavy atom. The lowest BCUT2D eigenvalue weighted by molar-refractivity contribution is -0.152. The van der Waals surface area contributed by atoms with E-state index in [1.54, 1.807) is 23.8 Å². The highest BCUT2D eigenvalue weighted by Crippen LogP contribution is 2.40. The molecule has 2 rings (SSSR count). The SMILES string of the molecule is CCOC(=O)C1CCCN(C(=O)CN(C)C(=O)C2CCC(C(C)(C)C)CC2)C1. The van der Waals surface area contributed by atoms with Crippen LogP contribution in [0.3, 0.4) is 0 Å². The van der Waals surface area contributed by atoms with Gasteiger partial charge in [0, 0.05) is 26.1 Å². The van der Waals surface area contributed by atoms with Gasteiger partial charge < -0.3 is 14.5 Å². The summed E-state index contributed by atoms with van der Waals surface area (Å²) in [4.78, 5) is 40.8. The maximum absolute atomic E-state index is 12.8. The molecule has 160 valence electrons. The summed E-state index contributed by atoms with van der Waals surface area (Å²) in [5.41, 5.74) is 0.291. The van der Waals surface area contributed by atoms with Crippen LogP contribution in [-0.4, -0.2) is 60.9 Å². The molecule has 0 bridgehead atoms. The van der Waals surface area contributed by atoms with Crippen molar-refractivity contribution in [1.29, 1.82) is 0 Å². The van der Waals surface area contributed by atoms with Crippen LogP contribution in [0.15, 0.2) is 0 Å². The Morgan fingerprint density at radius 1 is 1.04 bits per heavy atom. The van der Waals surface area contributed by atoms with Crippen molar-refractivity contribution in [2.45, 2.75) is 66.2 Å². The average Bonchev–Trinajstić information content (AvgIpc) is 2.67. The number of carbonyl (C=O) groups is 3. The van der Waals surface area contributed by atoms with E-state index in [1.165, 1.54) is 0 Å². The summed E-state index contributed by atoms with van der Waals surface area (Å²) < 4.78 is 5.10. The van der Waals surface area contributed by atoms with E-state index in [9.17, 15) is 14.4 Å². The van der Waals surface area contributed by atoms with Gasteiger partial charge in [-0.2, -0.15) is 0 Å². The predicted molar refractivity (Wildman–Crippen MR) is 108 cm³/mol. The third-order valence-electron chi connectivity index (χ3n) is 6.44. The van der Waals surface area contributed by atoms with Gasteiger partial charge in [-0.1, -0.05) is 20.8 Å². The molecule has 1 unspecified atom stereocenters. The Kier molecular flexibility index (Phi) is 7.90. The molecule has 0 spiro atoms. The van der Waals surface area contributed by atoms with E-state index in [0.717, 1.165) is 38.5 Å². The summed E-state index contributed by atoms with van der Waals surface area (Å²) >= 11 is 0. The largest absolute Gasteiger partial charge is 0.466 e. The van der Waals surface area contributed by atoms with Crippen LogP contribution < -0.4 is 0 Å². The van der Waals surface area contributed by atoms with E-state index in [0.29, 0.717) is 31.0 Å². The third kappa shape index (κ3) is 5.95. The lowest BCUT2D eigenvalue weighted by Crippen LogP contribution is -2.48. The van der Waals surface area contributed by atoms with Gasteiger partial charge in [0.2, 0.25) is 11.8 Å². The van der Waals surface area contributed by atoms with Crippen molar-refractivity contribution in [2.75, 3.05) is 33.3 Å². The van der Waals surface area contributed by atoms with Crippen LogP contribution in [0.2, 0.25) is 0 Å². The van der Waals surface area contributed by atoms with Gasteiger partial charge in [0.25, 0.3) is 0 Å². The number of amides is 2. The van der Waals surface area contributed by atoms with E-state index >= 15 is 0 Å². The highest BCUT2D eigenvalue weighted by molar-refractivity contribution is 5.86. The average molecular weight is 395 g/mol. The second-order valence-electron chi connectivity index (χ2n) is 9.54. The lowest BCUT2D eigenvalue weighted by atomic mass is 9.69. The minimum Gasteiger partial charge on any atom is -0.466 e. The van der Waals surface area contributed by atoms with Crippen LogP contribution >= 0.6 is 0 Å². The molecule has 0 aromatic carbocycles. The number of piperidine rings is 1. The van der Waals surface area contributed by atoms with Crippen LogP contribution in [0.5, 0.6) is 0 Å². The Bertz CT molecular complexity index is 561. The fourth-order valence-corrected chi connectivity index (χ4v) is 4.56. The molecule has 2 fully saturated rings. The predicted octanol–water partition coefficient (Wildman–Crippen LogP) is 3.10. The number of hydrogen-bond acceptors (Lipinski definition) is 4. The van der Waals surface area contributed by atoms with E-state index in [4.69, 9.17) is 4.74 Å². The van der Waals surface area contributed by atoms with Crippen LogP contribution in [0, 0.1) is 23.2 Å². The topological polar surface area (TPSA) is 66.9 Å². The van der Waals surface area contributed by atoms with Crippen molar-refractivity contribution < 1.29 is 19.1 Å². The molecular formula is C22H38N2O4. The Hall–Kier alpha value is -1.59. The van der Waals surface area contributed by atoms with Gasteiger partial charge in [-0.25, -0.2) is 0 Å². The van der Waals surface area contributed by atoms with Gasteiger partial charge in [-0.3, -0.25) is 14.4 Å². The number of likely N-dealkylation sites (tertiary alicyclic amines) is 1. The van der Waals surface area contributed by atoms with Crippen molar-refractivity contribution in [3.8, 4) is 0 Å². The Morgan fingerprint density at radius 3 is 2.25 bits per heavy atom. The molecule has 0 N–H and O–H groups in total. The number of ether oxygens (including phenoxy) is 1. The summed E-state index contributed by atoms with van der Waals surface area (Å²) in [5, 5.41) is 0. The molecule has 0 aromatic rings. The summed E-state index contributed by atoms with van der Waals surface area (Å²) in [6.45, 7) is 10.1. The minimum absolute atomic E-state index is 0.0324. The van der Waals surface area contributed by atoms with Gasteiger partial charge in [-0.05, 0) is 56.8 Å². The first-order valence-electron chi connectivity index (χ1n) is 10.8. The molecule has 0 radical (unpaired) electrons. The van der Waals surface area contributed by atoms with E-state index in [-0.39, 0.29) is 36.2 Å². The zero-order valence-corrected chi connectivity index (χ0v) is 18.3. The standard InChI is InChI=1S/C22H38N2O4/c1-6-28-21(27)17-8-7-13-24(14-17)19(25)15-23(5)20(26)16-9-11-18(12-10-16)22(2,3)4/h16-18H,6-15H2,1-5H3. The maximum atomic E-state index is 12.8. The van der Waals surface area contributed by atoms with Gasteiger partial charge >= 0.3 is 5.97 Å². The number of esters is 1. The van der Waals surface area contributed by atoms with Crippen molar-refractivity contribution in [3.05, 3.63) is 0 Å². The summed E-state index contributed by atoms with van der Waals surface area (Å²) in [6.07, 6.45) is 5.53. The van der Waals surface area contributed by atoms with Gasteiger partial charge in [-0.15, -0.1) is 0 Å². The molecule has 1 saturated heterocycles. The monoisotopic (exact) mass is 394 g/mol. The van der Waals surface area contributed by atoms with Gasteiger partial charge in [0.15, 0.2) is 0 Å². The smallest absolute Gasteiger partial charge is 0.310 e. The normalized spacial score (nSPS) is 25.9. The molecule has 6 nitrogen and oxygen atoms in total. The van der Waals surface area contributed by atoms with Gasteiger partial charge in [0.1, 0.15) is 0 Å². The first kappa shape index (κ1) is 22.7.